The number of rotatable bonds is 3. The van der Waals surface area contributed by atoms with Gasteiger partial charge in [-0.15, -0.1) is 0 Å². The Morgan fingerprint density at radius 1 is 1.26 bits per heavy atom. The number of H-pyrrole nitrogens is 1. The van der Waals surface area contributed by atoms with Crippen LogP contribution in [0.25, 0.3) is 10.8 Å². The summed E-state index contributed by atoms with van der Waals surface area (Å²) in [5.74, 6) is 0.0836. The average Bonchev–Trinajstić information content (AvgIpc) is 2.86. The predicted molar refractivity (Wildman–Crippen MR) is 85.6 cm³/mol. The number of nitrogens with one attached hydrogen (secondary N) is 2. The van der Waals surface area contributed by atoms with E-state index in [0.717, 1.165) is 16.8 Å². The molecule has 3 rings (SSSR count). The lowest BCUT2D eigenvalue weighted by atomic mass is 10.1. The van der Waals surface area contributed by atoms with Crippen molar-refractivity contribution in [1.82, 2.24) is 20.3 Å². The second kappa shape index (κ2) is 5.79. The van der Waals surface area contributed by atoms with Gasteiger partial charge >= 0.3 is 0 Å². The van der Waals surface area contributed by atoms with E-state index in [1.54, 1.807) is 12.1 Å². The molecule has 2 N–H and O–H groups in total. The molecule has 6 heteroatoms. The van der Waals surface area contributed by atoms with Gasteiger partial charge in [0.15, 0.2) is 0 Å². The van der Waals surface area contributed by atoms with E-state index in [-0.39, 0.29) is 23.5 Å². The number of benzene rings is 1. The standard InChI is InChI=1S/C17H17FN4O/c1-9-10(2)21-16(20-9)11(3)22-17(23)15-7-12-4-5-14(18)6-13(12)8-19-15/h4-8,11H,1-3H3,(H,20,21)(H,22,23). The van der Waals surface area contributed by atoms with E-state index in [4.69, 9.17) is 0 Å². The molecule has 3 aromatic rings. The molecule has 23 heavy (non-hydrogen) atoms. The van der Waals surface area contributed by atoms with Crippen LogP contribution in [-0.2, 0) is 0 Å². The molecule has 1 atom stereocenters. The number of carbonyl (C=O) groups excluding carboxylic acids is 1. The molecule has 0 bridgehead atoms. The maximum Gasteiger partial charge on any atom is 0.270 e. The first-order valence-corrected chi connectivity index (χ1v) is 7.33. The Hall–Kier alpha value is -2.76. The Morgan fingerprint density at radius 3 is 2.74 bits per heavy atom. The molecule has 0 radical (unpaired) electrons. The fourth-order valence-corrected chi connectivity index (χ4v) is 2.36. The number of aromatic nitrogens is 3. The van der Waals surface area contributed by atoms with E-state index in [9.17, 15) is 9.18 Å². The number of nitrogens with zero attached hydrogens (tertiary/aromatic N) is 2. The SMILES string of the molecule is Cc1nc(C(C)NC(=O)c2cc3ccc(F)cc3cn2)[nH]c1C. The molecule has 0 saturated carbocycles. The van der Waals surface area contributed by atoms with Crippen molar-refractivity contribution in [1.29, 1.82) is 0 Å². The van der Waals surface area contributed by atoms with Crippen molar-refractivity contribution >= 4 is 16.7 Å². The van der Waals surface area contributed by atoms with Crippen molar-refractivity contribution in [2.24, 2.45) is 0 Å². The Balaban J connectivity index is 1.81. The van der Waals surface area contributed by atoms with E-state index in [1.165, 1.54) is 18.3 Å². The highest BCUT2D eigenvalue weighted by molar-refractivity contribution is 5.96. The lowest BCUT2D eigenvalue weighted by Gasteiger charge is -2.11. The zero-order valence-electron chi connectivity index (χ0n) is 13.1. The molecular formula is C17H17FN4O. The van der Waals surface area contributed by atoms with Gasteiger partial charge in [0.1, 0.15) is 17.3 Å². The molecular weight excluding hydrogens is 295 g/mol. The van der Waals surface area contributed by atoms with Crippen LogP contribution >= 0.6 is 0 Å². The normalized spacial score (nSPS) is 12.3. The quantitative estimate of drug-likeness (QED) is 0.780. The summed E-state index contributed by atoms with van der Waals surface area (Å²) in [4.78, 5) is 24.0. The number of amides is 1. The first kappa shape index (κ1) is 15.1. The van der Waals surface area contributed by atoms with E-state index >= 15 is 0 Å². The number of halogens is 1. The number of hydrogen-bond acceptors (Lipinski definition) is 3. The third kappa shape index (κ3) is 3.06. The second-order valence-electron chi connectivity index (χ2n) is 5.59. The van der Waals surface area contributed by atoms with Crippen LogP contribution in [0.5, 0.6) is 0 Å². The van der Waals surface area contributed by atoms with Crippen LogP contribution in [-0.4, -0.2) is 20.9 Å². The highest BCUT2D eigenvalue weighted by Gasteiger charge is 2.16. The molecule has 0 saturated heterocycles. The van der Waals surface area contributed by atoms with Gasteiger partial charge < -0.3 is 10.3 Å². The molecule has 1 aromatic carbocycles. The van der Waals surface area contributed by atoms with Crippen LogP contribution < -0.4 is 5.32 Å². The van der Waals surface area contributed by atoms with E-state index in [0.29, 0.717) is 11.2 Å². The van der Waals surface area contributed by atoms with Crippen LogP contribution in [0.3, 0.4) is 0 Å². The van der Waals surface area contributed by atoms with Gasteiger partial charge in [0.25, 0.3) is 5.91 Å². The van der Waals surface area contributed by atoms with Crippen molar-refractivity contribution in [2.45, 2.75) is 26.8 Å². The topological polar surface area (TPSA) is 70.7 Å². The van der Waals surface area contributed by atoms with Crippen molar-refractivity contribution in [3.8, 4) is 0 Å². The Labute approximate surface area is 133 Å². The van der Waals surface area contributed by atoms with Crippen molar-refractivity contribution in [3.05, 3.63) is 59.2 Å². The molecule has 0 aliphatic rings. The number of fused-ring (bicyclic) bond motifs is 1. The van der Waals surface area contributed by atoms with Gasteiger partial charge in [0.05, 0.1) is 11.7 Å². The summed E-state index contributed by atoms with van der Waals surface area (Å²) in [6, 6.07) is 5.77. The van der Waals surface area contributed by atoms with E-state index in [1.807, 2.05) is 20.8 Å². The zero-order valence-corrected chi connectivity index (χ0v) is 13.1. The van der Waals surface area contributed by atoms with Gasteiger partial charge in [-0.2, -0.15) is 0 Å². The molecule has 0 aliphatic carbocycles. The highest BCUT2D eigenvalue weighted by atomic mass is 19.1. The fraction of sp³-hybridized carbons (Fsp3) is 0.235. The summed E-state index contributed by atoms with van der Waals surface area (Å²) in [7, 11) is 0. The van der Waals surface area contributed by atoms with Crippen molar-refractivity contribution in [3.63, 3.8) is 0 Å². The van der Waals surface area contributed by atoms with Gasteiger partial charge in [-0.1, -0.05) is 6.07 Å². The number of carbonyl (C=O) groups is 1. The molecule has 1 amide bonds. The summed E-state index contributed by atoms with van der Waals surface area (Å²) in [6.45, 7) is 5.70. The first-order valence-electron chi connectivity index (χ1n) is 7.33. The first-order chi connectivity index (χ1) is 10.9. The van der Waals surface area contributed by atoms with Crippen LogP contribution in [0.4, 0.5) is 4.39 Å². The summed E-state index contributed by atoms with van der Waals surface area (Å²) >= 11 is 0. The van der Waals surface area contributed by atoms with Crippen LogP contribution in [0.15, 0.2) is 30.5 Å². The summed E-state index contributed by atoms with van der Waals surface area (Å²) in [5, 5.41) is 4.29. The predicted octanol–water partition coefficient (Wildman–Crippen LogP) is 3.20. The molecule has 0 fully saturated rings. The minimum absolute atomic E-state index is 0.263. The van der Waals surface area contributed by atoms with Gasteiger partial charge in [-0.05, 0) is 44.4 Å². The Morgan fingerprint density at radius 2 is 2.04 bits per heavy atom. The smallest absolute Gasteiger partial charge is 0.270 e. The summed E-state index contributed by atoms with van der Waals surface area (Å²) in [6.07, 6.45) is 1.50. The third-order valence-corrected chi connectivity index (χ3v) is 3.82. The summed E-state index contributed by atoms with van der Waals surface area (Å²) in [5.41, 5.74) is 2.18. The minimum atomic E-state index is -0.325. The van der Waals surface area contributed by atoms with E-state index in [2.05, 4.69) is 20.3 Å². The lowest BCUT2D eigenvalue weighted by molar-refractivity contribution is 0.0933. The summed E-state index contributed by atoms with van der Waals surface area (Å²) < 4.78 is 13.2. The molecule has 5 nitrogen and oxygen atoms in total. The maximum absolute atomic E-state index is 13.2. The van der Waals surface area contributed by atoms with Gasteiger partial charge in [-0.25, -0.2) is 9.37 Å². The average molecular weight is 312 g/mol. The maximum atomic E-state index is 13.2. The monoisotopic (exact) mass is 312 g/mol. The zero-order chi connectivity index (χ0) is 16.6. The number of pyridine rings is 1. The number of hydrogen-bond donors (Lipinski definition) is 2. The Bertz CT molecular complexity index is 868. The molecule has 2 aromatic heterocycles. The van der Waals surface area contributed by atoms with Crippen LogP contribution in [0.2, 0.25) is 0 Å². The number of aryl methyl sites for hydroxylation is 2. The molecule has 1 unspecified atom stereocenters. The second-order valence-corrected chi connectivity index (χ2v) is 5.59. The van der Waals surface area contributed by atoms with Gasteiger partial charge in [0, 0.05) is 17.3 Å². The fourth-order valence-electron chi connectivity index (χ4n) is 2.36. The molecule has 0 spiro atoms. The molecule has 2 heterocycles. The molecule has 0 aliphatic heterocycles. The van der Waals surface area contributed by atoms with Crippen LogP contribution in [0, 0.1) is 19.7 Å². The largest absolute Gasteiger partial charge is 0.344 e. The third-order valence-electron chi connectivity index (χ3n) is 3.82. The van der Waals surface area contributed by atoms with Crippen molar-refractivity contribution in [2.75, 3.05) is 0 Å². The number of imidazole rings is 1. The lowest BCUT2D eigenvalue weighted by Crippen LogP contribution is -2.28. The Kier molecular flexibility index (Phi) is 3.82. The van der Waals surface area contributed by atoms with E-state index < -0.39 is 0 Å². The van der Waals surface area contributed by atoms with Crippen LogP contribution in [0.1, 0.15) is 40.7 Å². The van der Waals surface area contributed by atoms with Gasteiger partial charge in [0.2, 0.25) is 0 Å². The molecule has 118 valence electrons. The van der Waals surface area contributed by atoms with Gasteiger partial charge in [-0.3, -0.25) is 9.78 Å². The minimum Gasteiger partial charge on any atom is -0.344 e. The van der Waals surface area contributed by atoms with Crippen molar-refractivity contribution < 1.29 is 9.18 Å². The number of aromatic amines is 1. The highest BCUT2D eigenvalue weighted by Crippen LogP contribution is 2.17.